The second kappa shape index (κ2) is 7.01. The molecule has 2 amide bonds. The summed E-state index contributed by atoms with van der Waals surface area (Å²) in [5.41, 5.74) is -1.35. The highest BCUT2D eigenvalue weighted by Gasteiger charge is 2.49. The number of anilines is 1. The molecule has 0 saturated heterocycles. The number of halogens is 4. The summed E-state index contributed by atoms with van der Waals surface area (Å²) in [6.45, 7) is 4.75. The van der Waals surface area contributed by atoms with Crippen LogP contribution in [0.2, 0.25) is 5.02 Å². The standard InChI is InChI=1S/C16H18ClF3N2O2/c1-3-22(4-2)15(24)11-8-10(11)14(23)21-13-6-5-9(17)7-12(13)16(18,19)20/h5-7,10-11H,3-4,8H2,1-2H3,(H,21,23). The minimum Gasteiger partial charge on any atom is -0.343 e. The van der Waals surface area contributed by atoms with E-state index in [0.29, 0.717) is 19.5 Å². The van der Waals surface area contributed by atoms with E-state index in [4.69, 9.17) is 11.6 Å². The molecule has 8 heteroatoms. The first kappa shape index (κ1) is 18.6. The number of benzene rings is 1. The summed E-state index contributed by atoms with van der Waals surface area (Å²) in [5.74, 6) is -1.75. The van der Waals surface area contributed by atoms with Crippen LogP contribution >= 0.6 is 11.6 Å². The zero-order valence-electron chi connectivity index (χ0n) is 13.3. The summed E-state index contributed by atoms with van der Waals surface area (Å²) in [6, 6.07) is 3.16. The van der Waals surface area contributed by atoms with Crippen LogP contribution < -0.4 is 5.32 Å². The van der Waals surface area contributed by atoms with Crippen LogP contribution in [-0.2, 0) is 15.8 Å². The molecule has 2 atom stereocenters. The predicted molar refractivity (Wildman–Crippen MR) is 84.6 cm³/mol. The van der Waals surface area contributed by atoms with Gasteiger partial charge in [-0.15, -0.1) is 0 Å². The molecule has 0 aromatic heterocycles. The van der Waals surface area contributed by atoms with E-state index >= 15 is 0 Å². The number of alkyl halides is 3. The summed E-state index contributed by atoms with van der Waals surface area (Å²) in [5, 5.41) is 2.21. The molecule has 1 aliphatic carbocycles. The Morgan fingerprint density at radius 3 is 2.42 bits per heavy atom. The zero-order chi connectivity index (χ0) is 18.1. The average Bonchev–Trinajstić information content (AvgIpc) is 3.29. The monoisotopic (exact) mass is 362 g/mol. The van der Waals surface area contributed by atoms with Crippen LogP contribution in [0.4, 0.5) is 18.9 Å². The van der Waals surface area contributed by atoms with Crippen LogP contribution in [0, 0.1) is 11.8 Å². The van der Waals surface area contributed by atoms with Crippen molar-refractivity contribution in [3.63, 3.8) is 0 Å². The summed E-state index contributed by atoms with van der Waals surface area (Å²) in [7, 11) is 0. The van der Waals surface area contributed by atoms with E-state index in [1.807, 2.05) is 13.8 Å². The van der Waals surface area contributed by atoms with E-state index in [2.05, 4.69) is 5.32 Å². The molecule has 0 heterocycles. The highest BCUT2D eigenvalue weighted by molar-refractivity contribution is 6.30. The van der Waals surface area contributed by atoms with Gasteiger partial charge in [0.05, 0.1) is 23.1 Å². The van der Waals surface area contributed by atoms with Gasteiger partial charge in [-0.25, -0.2) is 0 Å². The molecule has 1 saturated carbocycles. The normalized spacial score (nSPS) is 19.8. The van der Waals surface area contributed by atoms with Crippen molar-refractivity contribution >= 4 is 29.1 Å². The fraction of sp³-hybridized carbons (Fsp3) is 0.500. The highest BCUT2D eigenvalue weighted by Crippen LogP contribution is 2.42. The summed E-state index contributed by atoms with van der Waals surface area (Å²) in [6.07, 6.45) is -4.27. The van der Waals surface area contributed by atoms with E-state index < -0.39 is 29.5 Å². The number of nitrogens with one attached hydrogen (secondary N) is 1. The van der Waals surface area contributed by atoms with Crippen molar-refractivity contribution in [1.29, 1.82) is 0 Å². The van der Waals surface area contributed by atoms with E-state index in [1.54, 1.807) is 4.90 Å². The largest absolute Gasteiger partial charge is 0.418 e. The number of carbonyl (C=O) groups is 2. The van der Waals surface area contributed by atoms with Crippen LogP contribution in [0.1, 0.15) is 25.8 Å². The summed E-state index contributed by atoms with van der Waals surface area (Å²) in [4.78, 5) is 25.9. The lowest BCUT2D eigenvalue weighted by molar-refractivity contribution is -0.137. The molecule has 2 unspecified atom stereocenters. The molecule has 24 heavy (non-hydrogen) atoms. The topological polar surface area (TPSA) is 49.4 Å². The fourth-order valence-electron chi connectivity index (χ4n) is 2.61. The third-order valence-corrected chi connectivity index (χ3v) is 4.30. The van der Waals surface area contributed by atoms with Gasteiger partial charge in [0.2, 0.25) is 11.8 Å². The molecule has 1 fully saturated rings. The van der Waals surface area contributed by atoms with Crippen molar-refractivity contribution in [2.24, 2.45) is 11.8 Å². The van der Waals surface area contributed by atoms with Gasteiger partial charge < -0.3 is 10.2 Å². The number of amides is 2. The quantitative estimate of drug-likeness (QED) is 0.866. The number of hydrogen-bond donors (Lipinski definition) is 1. The first-order chi connectivity index (χ1) is 11.2. The van der Waals surface area contributed by atoms with E-state index in [-0.39, 0.29) is 16.6 Å². The Labute approximate surface area is 143 Å². The molecular formula is C16H18ClF3N2O2. The Kier molecular flexibility index (Phi) is 5.42. The molecule has 1 N–H and O–H groups in total. The molecule has 2 rings (SSSR count). The second-order valence-corrected chi connectivity index (χ2v) is 6.07. The SMILES string of the molecule is CCN(CC)C(=O)C1CC1C(=O)Nc1ccc(Cl)cc1C(F)(F)F. The number of rotatable bonds is 5. The summed E-state index contributed by atoms with van der Waals surface area (Å²) >= 11 is 5.60. The zero-order valence-corrected chi connectivity index (χ0v) is 14.0. The molecule has 4 nitrogen and oxygen atoms in total. The first-order valence-corrected chi connectivity index (χ1v) is 8.03. The maximum Gasteiger partial charge on any atom is 0.418 e. The second-order valence-electron chi connectivity index (χ2n) is 5.64. The summed E-state index contributed by atoms with van der Waals surface area (Å²) < 4.78 is 39.1. The van der Waals surface area contributed by atoms with Gasteiger partial charge in [0.1, 0.15) is 0 Å². The number of nitrogens with zero attached hydrogens (tertiary/aromatic N) is 1. The van der Waals surface area contributed by atoms with E-state index in [1.165, 1.54) is 6.07 Å². The number of hydrogen-bond acceptors (Lipinski definition) is 2. The van der Waals surface area contributed by atoms with Crippen molar-refractivity contribution < 1.29 is 22.8 Å². The Morgan fingerprint density at radius 2 is 1.88 bits per heavy atom. The molecule has 1 aliphatic rings. The van der Waals surface area contributed by atoms with Gasteiger partial charge >= 0.3 is 6.18 Å². The van der Waals surface area contributed by atoms with E-state index in [0.717, 1.165) is 12.1 Å². The van der Waals surface area contributed by atoms with Gasteiger partial charge in [0.25, 0.3) is 0 Å². The van der Waals surface area contributed by atoms with Crippen molar-refractivity contribution in [3.05, 3.63) is 28.8 Å². The van der Waals surface area contributed by atoms with Gasteiger partial charge in [-0.1, -0.05) is 11.6 Å². The van der Waals surface area contributed by atoms with Crippen LogP contribution in [-0.4, -0.2) is 29.8 Å². The van der Waals surface area contributed by atoms with Gasteiger partial charge in [-0.2, -0.15) is 13.2 Å². The van der Waals surface area contributed by atoms with Crippen LogP contribution in [0.25, 0.3) is 0 Å². The van der Waals surface area contributed by atoms with Crippen LogP contribution in [0.5, 0.6) is 0 Å². The van der Waals surface area contributed by atoms with Gasteiger partial charge in [-0.05, 0) is 38.5 Å². The van der Waals surface area contributed by atoms with Crippen molar-refractivity contribution in [1.82, 2.24) is 4.90 Å². The van der Waals surface area contributed by atoms with Gasteiger partial charge in [0, 0.05) is 18.1 Å². The lowest BCUT2D eigenvalue weighted by Crippen LogP contribution is -2.33. The minimum absolute atomic E-state index is 0.0682. The molecule has 0 aliphatic heterocycles. The van der Waals surface area contributed by atoms with Crippen LogP contribution in [0.3, 0.4) is 0 Å². The lowest BCUT2D eigenvalue weighted by Gasteiger charge is -2.18. The first-order valence-electron chi connectivity index (χ1n) is 7.65. The van der Waals surface area contributed by atoms with E-state index in [9.17, 15) is 22.8 Å². The minimum atomic E-state index is -4.63. The molecule has 1 aromatic rings. The highest BCUT2D eigenvalue weighted by atomic mass is 35.5. The van der Waals surface area contributed by atoms with Gasteiger partial charge in [-0.3, -0.25) is 9.59 Å². The molecular weight excluding hydrogens is 345 g/mol. The maximum absolute atomic E-state index is 13.0. The molecule has 0 spiro atoms. The lowest BCUT2D eigenvalue weighted by atomic mass is 10.1. The Balaban J connectivity index is 2.09. The third-order valence-electron chi connectivity index (χ3n) is 4.06. The van der Waals surface area contributed by atoms with Crippen molar-refractivity contribution in [2.45, 2.75) is 26.4 Å². The third kappa shape index (κ3) is 4.01. The smallest absolute Gasteiger partial charge is 0.343 e. The maximum atomic E-state index is 13.0. The fourth-order valence-corrected chi connectivity index (χ4v) is 2.79. The van der Waals surface area contributed by atoms with Crippen molar-refractivity contribution in [3.8, 4) is 0 Å². The molecule has 1 aromatic carbocycles. The number of carbonyl (C=O) groups excluding carboxylic acids is 2. The molecule has 132 valence electrons. The Hall–Kier alpha value is -1.76. The van der Waals surface area contributed by atoms with Crippen LogP contribution in [0.15, 0.2) is 18.2 Å². The predicted octanol–water partition coefficient (Wildman–Crippen LogP) is 3.80. The molecule has 0 radical (unpaired) electrons. The van der Waals surface area contributed by atoms with Gasteiger partial charge in [0.15, 0.2) is 0 Å². The Morgan fingerprint density at radius 1 is 1.25 bits per heavy atom. The average molecular weight is 363 g/mol. The molecule has 0 bridgehead atoms. The Bertz CT molecular complexity index is 645. The van der Waals surface area contributed by atoms with Crippen molar-refractivity contribution in [2.75, 3.05) is 18.4 Å².